The van der Waals surface area contributed by atoms with Crippen LogP contribution in [0.25, 0.3) is 33.9 Å². The first-order valence-corrected chi connectivity index (χ1v) is 30.1. The highest BCUT2D eigenvalue weighted by atomic mass is 35.5. The van der Waals surface area contributed by atoms with Crippen LogP contribution in [0.4, 0.5) is 58.9 Å². The van der Waals surface area contributed by atoms with Crippen molar-refractivity contribution in [2.75, 3.05) is 99.2 Å². The van der Waals surface area contributed by atoms with E-state index in [-0.39, 0.29) is 19.1 Å². The summed E-state index contributed by atoms with van der Waals surface area (Å²) in [6.45, 7) is 18.6. The molecule has 2 atom stereocenters. The fourth-order valence-corrected chi connectivity index (χ4v) is 11.7. The molecule has 9 heterocycles. The number of likely N-dealkylation sites (tertiary alicyclic amines) is 2. The molecule has 5 saturated heterocycles. The summed E-state index contributed by atoms with van der Waals surface area (Å²) in [7, 11) is -0.556. The Morgan fingerprint density at radius 3 is 1.57 bits per heavy atom. The highest BCUT2D eigenvalue weighted by molar-refractivity contribution is 7.08. The van der Waals surface area contributed by atoms with Gasteiger partial charge < -0.3 is 49.0 Å². The molecule has 84 heavy (non-hydrogen) atoms. The van der Waals surface area contributed by atoms with Gasteiger partial charge in [-0.2, -0.15) is 26.3 Å². The number of hydrogen-bond acceptors (Lipinski definition) is 14. The Morgan fingerprint density at radius 1 is 0.631 bits per heavy atom. The number of anilines is 4. The van der Waals surface area contributed by atoms with Crippen molar-refractivity contribution in [3.05, 3.63) is 98.6 Å². The van der Waals surface area contributed by atoms with Crippen LogP contribution in [0.15, 0.2) is 82.4 Å². The van der Waals surface area contributed by atoms with Crippen LogP contribution >= 0.6 is 34.3 Å². The normalized spacial score (nSPS) is 19.6. The van der Waals surface area contributed by atoms with Crippen LogP contribution < -0.4 is 25.9 Å². The molecular formula is C58H68BClF6N10O6S2. The summed E-state index contributed by atoms with van der Waals surface area (Å²) >= 11 is 9.22. The van der Waals surface area contributed by atoms with E-state index < -0.39 is 61.4 Å². The molecule has 0 saturated carbocycles. The maximum Gasteiger partial charge on any atom is 0.495 e. The number of ether oxygens (including phenoxy) is 2. The molecule has 4 amide bonds. The second-order valence-corrected chi connectivity index (χ2v) is 24.3. The van der Waals surface area contributed by atoms with Crippen molar-refractivity contribution in [2.24, 2.45) is 11.8 Å². The molecule has 0 spiro atoms. The summed E-state index contributed by atoms with van der Waals surface area (Å²) < 4.78 is 99.0. The lowest BCUT2D eigenvalue weighted by Crippen LogP contribution is -2.41. The quantitative estimate of drug-likeness (QED) is 0.0989. The molecule has 26 heteroatoms. The van der Waals surface area contributed by atoms with Gasteiger partial charge in [0.25, 0.3) is 0 Å². The van der Waals surface area contributed by atoms with Gasteiger partial charge in [-0.3, -0.25) is 0 Å². The fraction of sp³-hybridized carbons (Fsp3) is 0.483. The van der Waals surface area contributed by atoms with E-state index in [2.05, 4.69) is 35.4 Å². The van der Waals surface area contributed by atoms with E-state index in [1.165, 1.54) is 21.1 Å². The van der Waals surface area contributed by atoms with E-state index in [9.17, 15) is 35.9 Å². The van der Waals surface area contributed by atoms with Crippen LogP contribution in [0.5, 0.6) is 0 Å². The molecular weight excluding hydrogens is 1160 g/mol. The summed E-state index contributed by atoms with van der Waals surface area (Å²) in [6.07, 6.45) is -9.42. The highest BCUT2D eigenvalue weighted by Crippen LogP contribution is 2.38. The molecule has 11 rings (SSSR count). The van der Waals surface area contributed by atoms with Gasteiger partial charge >= 0.3 is 31.5 Å². The number of nitrogens with one attached hydrogen (secondary N) is 2. The number of hydrogen-bond donors (Lipinski definition) is 2. The molecule has 5 aliphatic rings. The van der Waals surface area contributed by atoms with Crippen LogP contribution in [-0.4, -0.2) is 151 Å². The largest absolute Gasteiger partial charge is 0.495 e. The summed E-state index contributed by atoms with van der Waals surface area (Å²) in [5, 5.41) is 10.3. The smallest absolute Gasteiger partial charge is 0.399 e. The Balaban J connectivity index is 0.000000160. The fourth-order valence-electron chi connectivity index (χ4n) is 10.4. The molecule has 5 aliphatic heterocycles. The molecule has 0 bridgehead atoms. The zero-order chi connectivity index (χ0) is 60.0. The number of rotatable bonds is 10. The first kappa shape index (κ1) is 62.4. The van der Waals surface area contributed by atoms with Crippen LogP contribution in [0.2, 0.25) is 5.02 Å². The molecule has 2 aromatic carbocycles. The van der Waals surface area contributed by atoms with Gasteiger partial charge in [-0.1, -0.05) is 29.3 Å². The minimum Gasteiger partial charge on any atom is -0.399 e. The first-order valence-electron chi connectivity index (χ1n) is 27.8. The van der Waals surface area contributed by atoms with E-state index in [1.54, 1.807) is 34.5 Å². The summed E-state index contributed by atoms with van der Waals surface area (Å²) in [6, 6.07) is 18.1. The van der Waals surface area contributed by atoms with Gasteiger partial charge in [0.15, 0.2) is 0 Å². The Hall–Kier alpha value is -6.09. The third-order valence-electron chi connectivity index (χ3n) is 15.7. The predicted octanol–water partition coefficient (Wildman–Crippen LogP) is 12.6. The molecule has 0 radical (unpaired) electrons. The summed E-state index contributed by atoms with van der Waals surface area (Å²) in [4.78, 5) is 50.8. The molecule has 16 nitrogen and oxygen atoms in total. The van der Waals surface area contributed by atoms with E-state index in [1.807, 2.05) is 101 Å². The topological polar surface area (TPSA) is 160 Å². The average molecular weight is 1230 g/mol. The Labute approximate surface area is 498 Å². The number of morpholine rings is 2. The average Bonchev–Trinajstić information content (AvgIpc) is 4.11. The van der Waals surface area contributed by atoms with Crippen molar-refractivity contribution in [1.82, 2.24) is 29.7 Å². The number of urea groups is 2. The lowest BCUT2D eigenvalue weighted by atomic mass is 9.76. The zero-order valence-corrected chi connectivity index (χ0v) is 50.0. The number of aryl methyl sites for hydroxylation is 2. The minimum absolute atomic E-state index is 0.105. The number of thiazole rings is 2. The van der Waals surface area contributed by atoms with Crippen LogP contribution in [0.1, 0.15) is 64.5 Å². The van der Waals surface area contributed by atoms with Crippen LogP contribution in [-0.2, 0) is 18.8 Å². The molecule has 5 fully saturated rings. The molecule has 6 aromatic rings. The molecule has 4 aromatic heterocycles. The third kappa shape index (κ3) is 16.5. The Bertz CT molecular complexity index is 3190. The summed E-state index contributed by atoms with van der Waals surface area (Å²) in [5.74, 6) is 0.636. The van der Waals surface area contributed by atoms with Gasteiger partial charge in [0.05, 0.1) is 71.4 Å². The van der Waals surface area contributed by atoms with Gasteiger partial charge in [-0.25, -0.2) is 29.5 Å². The van der Waals surface area contributed by atoms with Crippen LogP contribution in [0.3, 0.4) is 0 Å². The Morgan fingerprint density at radius 2 is 1.10 bits per heavy atom. The number of alkyl halides is 6. The number of halogens is 7. The standard InChI is InChI=1S/C26H28F3N5O2S.C20H28BF3N2O3.C12H12ClN3OS/c1-17-2-3-20(31-25(35)34-5-4-18(14-34)13-26(27,28)29)12-21(17)19-10-22(23-15-37-16-30-23)32-24(11-19)33-6-8-36-9-7-33;1-13-6-7-15(10-16(13)21-28-18(2,3)19(4,5)29-21)25-17(27)26-9-8-14(12-26)11-20(22,23)24;13-9-5-10(11-7-18-8-14-11)15-12(6-9)16-1-3-17-4-2-16/h2-3,10-12,15-16,18H,4-9,13-14H2,1H3,(H,31,35);6-7,10,14H,8-9,11-12H2,1-5H3,(H,25,27);5-8H,1-4H2/t18-;14-;/m00./s1. The molecule has 0 unspecified atom stereocenters. The lowest BCUT2D eigenvalue weighted by Gasteiger charge is -2.32. The number of amides is 4. The predicted molar refractivity (Wildman–Crippen MR) is 318 cm³/mol. The van der Waals surface area contributed by atoms with Gasteiger partial charge in [-0.15, -0.1) is 22.7 Å². The SMILES string of the molecule is Cc1ccc(NC(=O)N2CC[C@@H](CC(F)(F)F)C2)cc1-c1cc(-c2cscn2)nc(N2CCOCC2)c1.Cc1ccc(NC(=O)N2CC[C@@H](CC(F)(F)F)C2)cc1B1OC(C)(C)C(C)(C)O1.Clc1cc(-c2cscn2)nc(N2CCOCC2)c1. The number of benzene rings is 2. The number of carbonyl (C=O) groups is 2. The highest BCUT2D eigenvalue weighted by Gasteiger charge is 2.52. The van der Waals surface area contributed by atoms with Crippen molar-refractivity contribution >= 4 is 81.9 Å². The first-order chi connectivity index (χ1) is 39.8. The second-order valence-electron chi connectivity index (χ2n) is 22.5. The maximum atomic E-state index is 12.8. The van der Waals surface area contributed by atoms with Gasteiger partial charge in [0, 0.05) is 92.4 Å². The van der Waals surface area contributed by atoms with Crippen molar-refractivity contribution in [3.63, 3.8) is 0 Å². The second kappa shape index (κ2) is 26.7. The van der Waals surface area contributed by atoms with E-state index >= 15 is 0 Å². The van der Waals surface area contributed by atoms with Crippen molar-refractivity contribution in [3.8, 4) is 33.9 Å². The van der Waals surface area contributed by atoms with Gasteiger partial charge in [0.2, 0.25) is 0 Å². The van der Waals surface area contributed by atoms with Crippen molar-refractivity contribution in [2.45, 2.75) is 90.8 Å². The number of carbonyl (C=O) groups excluding carboxylic acids is 2. The zero-order valence-electron chi connectivity index (χ0n) is 47.6. The van der Waals surface area contributed by atoms with Crippen LogP contribution in [0, 0.1) is 25.7 Å². The number of nitrogens with zero attached hydrogens (tertiary/aromatic N) is 8. The van der Waals surface area contributed by atoms with E-state index in [4.69, 9.17) is 35.4 Å². The molecule has 0 aliphatic carbocycles. The van der Waals surface area contributed by atoms with Gasteiger partial charge in [0.1, 0.15) is 11.6 Å². The minimum atomic E-state index is -4.22. The van der Waals surface area contributed by atoms with Crippen molar-refractivity contribution in [1.29, 1.82) is 0 Å². The third-order valence-corrected chi connectivity index (χ3v) is 17.1. The monoisotopic (exact) mass is 1220 g/mol. The van der Waals surface area contributed by atoms with E-state index in [0.717, 1.165) is 102 Å². The van der Waals surface area contributed by atoms with Gasteiger partial charge in [-0.05, 0) is 137 Å². The van der Waals surface area contributed by atoms with E-state index in [0.29, 0.717) is 55.5 Å². The Kier molecular flexibility index (Phi) is 19.8. The van der Waals surface area contributed by atoms with Crippen molar-refractivity contribution < 1.29 is 54.7 Å². The number of aromatic nitrogens is 4. The lowest BCUT2D eigenvalue weighted by molar-refractivity contribution is -0.144. The molecule has 450 valence electrons. The number of pyridine rings is 2. The maximum absolute atomic E-state index is 12.8. The summed E-state index contributed by atoms with van der Waals surface area (Å²) in [5.41, 5.74) is 11.7. The molecule has 2 N–H and O–H groups in total.